The molecule has 2 aliphatic rings. The van der Waals surface area contributed by atoms with Gasteiger partial charge in [-0.1, -0.05) is 6.42 Å². The number of hydrogen-bond donors (Lipinski definition) is 0. The Morgan fingerprint density at radius 3 is 2.47 bits per heavy atom. The van der Waals surface area contributed by atoms with E-state index in [0.717, 1.165) is 12.3 Å². The summed E-state index contributed by atoms with van der Waals surface area (Å²) in [7, 11) is 0. The summed E-state index contributed by atoms with van der Waals surface area (Å²) in [6.07, 6.45) is 6.15. The first kappa shape index (κ1) is 11.0. The molecule has 3 unspecified atom stereocenters. The Labute approximate surface area is 92.4 Å². The van der Waals surface area contributed by atoms with Crippen LogP contribution in [0.15, 0.2) is 0 Å². The fourth-order valence-electron chi connectivity index (χ4n) is 3.08. The van der Waals surface area contributed by atoms with Gasteiger partial charge in [0.25, 0.3) is 0 Å². The zero-order valence-corrected chi connectivity index (χ0v) is 10.1. The predicted molar refractivity (Wildman–Crippen MR) is 59.4 cm³/mol. The van der Waals surface area contributed by atoms with Crippen molar-refractivity contribution >= 4 is 5.97 Å². The number of carbonyl (C=O) groups excluding carboxylic acids is 1. The molecule has 3 atom stereocenters. The molecular formula is C13H22O2. The van der Waals surface area contributed by atoms with Crippen molar-refractivity contribution < 1.29 is 9.53 Å². The largest absolute Gasteiger partial charge is 0.460 e. The number of carbonyl (C=O) groups is 1. The van der Waals surface area contributed by atoms with Crippen molar-refractivity contribution in [1.29, 1.82) is 0 Å². The molecule has 0 radical (unpaired) electrons. The lowest BCUT2D eigenvalue weighted by atomic mass is 9.80. The van der Waals surface area contributed by atoms with Crippen molar-refractivity contribution in [3.63, 3.8) is 0 Å². The van der Waals surface area contributed by atoms with E-state index in [1.807, 2.05) is 20.8 Å². The van der Waals surface area contributed by atoms with Gasteiger partial charge in [-0.2, -0.15) is 0 Å². The summed E-state index contributed by atoms with van der Waals surface area (Å²) >= 11 is 0. The standard InChI is InChI=1S/C13H22O2/c1-13(2,3)15-12(14)11-7-5-9-4-6-10(11)8-9/h9-11H,4-8H2,1-3H3. The van der Waals surface area contributed by atoms with Gasteiger partial charge in [-0.3, -0.25) is 4.79 Å². The summed E-state index contributed by atoms with van der Waals surface area (Å²) in [4.78, 5) is 12.0. The van der Waals surface area contributed by atoms with Crippen LogP contribution in [0.3, 0.4) is 0 Å². The summed E-state index contributed by atoms with van der Waals surface area (Å²) < 4.78 is 5.49. The molecule has 2 bridgehead atoms. The molecular weight excluding hydrogens is 188 g/mol. The summed E-state index contributed by atoms with van der Waals surface area (Å²) in [5.74, 6) is 1.78. The lowest BCUT2D eigenvalue weighted by Crippen LogP contribution is -2.33. The summed E-state index contributed by atoms with van der Waals surface area (Å²) in [6, 6.07) is 0. The molecule has 0 aliphatic heterocycles. The molecule has 0 heterocycles. The van der Waals surface area contributed by atoms with Crippen molar-refractivity contribution in [2.45, 2.75) is 58.5 Å². The molecule has 15 heavy (non-hydrogen) atoms. The van der Waals surface area contributed by atoms with Crippen LogP contribution in [-0.2, 0) is 9.53 Å². The van der Waals surface area contributed by atoms with Gasteiger partial charge in [-0.15, -0.1) is 0 Å². The van der Waals surface area contributed by atoms with Gasteiger partial charge < -0.3 is 4.74 Å². The number of esters is 1. The second-order valence-electron chi connectivity index (χ2n) is 6.16. The van der Waals surface area contributed by atoms with Crippen molar-refractivity contribution in [3.05, 3.63) is 0 Å². The molecule has 2 saturated carbocycles. The molecule has 2 fully saturated rings. The Morgan fingerprint density at radius 2 is 1.80 bits per heavy atom. The van der Waals surface area contributed by atoms with Crippen LogP contribution in [-0.4, -0.2) is 11.6 Å². The zero-order valence-electron chi connectivity index (χ0n) is 10.1. The smallest absolute Gasteiger partial charge is 0.309 e. The Bertz CT molecular complexity index is 252. The zero-order chi connectivity index (χ0) is 11.1. The highest BCUT2D eigenvalue weighted by Gasteiger charge is 2.40. The quantitative estimate of drug-likeness (QED) is 0.621. The maximum absolute atomic E-state index is 12.0. The van der Waals surface area contributed by atoms with E-state index < -0.39 is 0 Å². The number of ether oxygens (including phenoxy) is 1. The predicted octanol–water partition coefficient (Wildman–Crippen LogP) is 3.15. The number of rotatable bonds is 1. The second-order valence-corrected chi connectivity index (χ2v) is 6.16. The second kappa shape index (κ2) is 3.80. The molecule has 2 nitrogen and oxygen atoms in total. The first-order valence-electron chi connectivity index (χ1n) is 6.18. The Balaban J connectivity index is 1.95. The van der Waals surface area contributed by atoms with E-state index in [1.54, 1.807) is 0 Å². The van der Waals surface area contributed by atoms with Gasteiger partial charge in [0.1, 0.15) is 5.60 Å². The summed E-state index contributed by atoms with van der Waals surface area (Å²) in [5.41, 5.74) is -0.327. The monoisotopic (exact) mass is 210 g/mol. The lowest BCUT2D eigenvalue weighted by molar-refractivity contribution is -0.163. The minimum Gasteiger partial charge on any atom is -0.460 e. The summed E-state index contributed by atoms with van der Waals surface area (Å²) in [5, 5.41) is 0. The molecule has 2 aliphatic carbocycles. The van der Waals surface area contributed by atoms with Gasteiger partial charge in [-0.25, -0.2) is 0 Å². The van der Waals surface area contributed by atoms with E-state index in [1.165, 1.54) is 25.7 Å². The third-order valence-corrected chi connectivity index (χ3v) is 3.75. The average Bonchev–Trinajstić information content (AvgIpc) is 2.45. The van der Waals surface area contributed by atoms with E-state index in [4.69, 9.17) is 4.74 Å². The number of fused-ring (bicyclic) bond motifs is 2. The van der Waals surface area contributed by atoms with Gasteiger partial charge in [0.15, 0.2) is 0 Å². The number of hydrogen-bond acceptors (Lipinski definition) is 2. The van der Waals surface area contributed by atoms with Crippen LogP contribution < -0.4 is 0 Å². The maximum Gasteiger partial charge on any atom is 0.309 e. The van der Waals surface area contributed by atoms with E-state index in [9.17, 15) is 4.79 Å². The molecule has 2 heteroatoms. The van der Waals surface area contributed by atoms with Gasteiger partial charge >= 0.3 is 5.97 Å². The van der Waals surface area contributed by atoms with E-state index in [-0.39, 0.29) is 17.5 Å². The minimum absolute atomic E-state index is 0.0489. The first-order valence-corrected chi connectivity index (χ1v) is 6.18. The highest BCUT2D eigenvalue weighted by molar-refractivity contribution is 5.73. The minimum atomic E-state index is -0.327. The Hall–Kier alpha value is -0.530. The molecule has 0 amide bonds. The highest BCUT2D eigenvalue weighted by Crippen LogP contribution is 2.45. The van der Waals surface area contributed by atoms with Crippen molar-refractivity contribution in [3.8, 4) is 0 Å². The third-order valence-electron chi connectivity index (χ3n) is 3.75. The van der Waals surface area contributed by atoms with Crippen LogP contribution in [0.25, 0.3) is 0 Å². The van der Waals surface area contributed by atoms with Gasteiger partial charge in [0, 0.05) is 0 Å². The lowest BCUT2D eigenvalue weighted by Gasteiger charge is -2.30. The molecule has 0 spiro atoms. The van der Waals surface area contributed by atoms with Crippen LogP contribution in [0.4, 0.5) is 0 Å². The SMILES string of the molecule is CC(C)(C)OC(=O)C1CCC2CCC1C2. The molecule has 0 aromatic rings. The van der Waals surface area contributed by atoms with E-state index >= 15 is 0 Å². The van der Waals surface area contributed by atoms with Crippen molar-refractivity contribution in [1.82, 2.24) is 0 Å². The van der Waals surface area contributed by atoms with Crippen LogP contribution in [0.2, 0.25) is 0 Å². The molecule has 0 saturated heterocycles. The normalized spacial score (nSPS) is 35.3. The topological polar surface area (TPSA) is 26.3 Å². The van der Waals surface area contributed by atoms with Crippen LogP contribution in [0, 0.1) is 17.8 Å². The molecule has 0 aromatic heterocycles. The van der Waals surface area contributed by atoms with Crippen LogP contribution in [0.1, 0.15) is 52.9 Å². The average molecular weight is 210 g/mol. The molecule has 0 aromatic carbocycles. The highest BCUT2D eigenvalue weighted by atomic mass is 16.6. The van der Waals surface area contributed by atoms with Crippen LogP contribution in [0.5, 0.6) is 0 Å². The fourth-order valence-corrected chi connectivity index (χ4v) is 3.08. The Morgan fingerprint density at radius 1 is 1.13 bits per heavy atom. The van der Waals surface area contributed by atoms with Gasteiger partial charge in [0.2, 0.25) is 0 Å². The van der Waals surface area contributed by atoms with Crippen molar-refractivity contribution in [2.75, 3.05) is 0 Å². The maximum atomic E-state index is 12.0. The third kappa shape index (κ3) is 2.53. The molecule has 0 N–H and O–H groups in total. The molecule has 2 rings (SSSR count). The summed E-state index contributed by atoms with van der Waals surface area (Å²) in [6.45, 7) is 5.85. The first-order chi connectivity index (χ1) is 6.96. The fraction of sp³-hybridized carbons (Fsp3) is 0.923. The van der Waals surface area contributed by atoms with Crippen molar-refractivity contribution in [2.24, 2.45) is 17.8 Å². The van der Waals surface area contributed by atoms with Gasteiger partial charge in [-0.05, 0) is 58.3 Å². The van der Waals surface area contributed by atoms with Crippen LogP contribution >= 0.6 is 0 Å². The van der Waals surface area contributed by atoms with Gasteiger partial charge in [0.05, 0.1) is 5.92 Å². The van der Waals surface area contributed by atoms with E-state index in [2.05, 4.69) is 0 Å². The Kier molecular flexibility index (Phi) is 2.78. The van der Waals surface area contributed by atoms with E-state index in [0.29, 0.717) is 5.92 Å². The molecule has 86 valence electrons.